The molecule has 1 aliphatic heterocycles. The van der Waals surface area contributed by atoms with Crippen LogP contribution in [0.25, 0.3) is 0 Å². The van der Waals surface area contributed by atoms with E-state index in [0.29, 0.717) is 24.5 Å². The van der Waals surface area contributed by atoms with E-state index in [1.807, 2.05) is 0 Å². The van der Waals surface area contributed by atoms with Crippen LogP contribution in [0.5, 0.6) is 0 Å². The van der Waals surface area contributed by atoms with Crippen LogP contribution in [0.3, 0.4) is 0 Å². The second-order valence-electron chi connectivity index (χ2n) is 4.72. The van der Waals surface area contributed by atoms with E-state index in [4.69, 9.17) is 5.73 Å². The van der Waals surface area contributed by atoms with Gasteiger partial charge >= 0.3 is 6.09 Å². The second-order valence-corrected chi connectivity index (χ2v) is 4.72. The fraction of sp³-hybridized carbons (Fsp3) is 0.462. The van der Waals surface area contributed by atoms with Crippen LogP contribution in [0.15, 0.2) is 18.3 Å². The first-order chi connectivity index (χ1) is 9.58. The van der Waals surface area contributed by atoms with Crippen molar-refractivity contribution in [3.8, 4) is 0 Å². The smallest absolute Gasteiger partial charge is 0.407 e. The van der Waals surface area contributed by atoms with Gasteiger partial charge in [-0.2, -0.15) is 0 Å². The maximum atomic E-state index is 12.1. The Morgan fingerprint density at radius 3 is 3.00 bits per heavy atom. The number of nitrogens with zero attached hydrogens (tertiary/aromatic N) is 2. The Bertz CT molecular complexity index is 489. The number of aromatic nitrogens is 1. The summed E-state index contributed by atoms with van der Waals surface area (Å²) in [6, 6.07) is 3.42. The molecule has 1 aromatic rings. The normalized spacial score (nSPS) is 17.9. The third-order valence-corrected chi connectivity index (χ3v) is 3.23. The van der Waals surface area contributed by atoms with Gasteiger partial charge in [-0.05, 0) is 18.6 Å². The summed E-state index contributed by atoms with van der Waals surface area (Å²) in [6.07, 6.45) is 2.04. The van der Waals surface area contributed by atoms with Crippen LogP contribution in [0.2, 0.25) is 0 Å². The SMILES string of the molecule is COC(=O)NC1CCN(C(=O)Cc2ccc(N)cn2)C1. The van der Waals surface area contributed by atoms with Gasteiger partial charge in [0.1, 0.15) is 0 Å². The molecule has 1 saturated heterocycles. The standard InChI is InChI=1S/C13H18N4O3/c1-20-13(19)16-11-4-5-17(8-11)12(18)6-10-3-2-9(14)7-15-10/h2-3,7,11H,4-6,8,14H2,1H3,(H,16,19). The minimum atomic E-state index is -0.468. The number of hydrogen-bond acceptors (Lipinski definition) is 5. The number of pyridine rings is 1. The number of carbonyl (C=O) groups is 2. The molecule has 0 aliphatic carbocycles. The lowest BCUT2D eigenvalue weighted by Crippen LogP contribution is -2.38. The van der Waals surface area contributed by atoms with Gasteiger partial charge in [0.05, 0.1) is 31.5 Å². The van der Waals surface area contributed by atoms with Gasteiger partial charge < -0.3 is 20.7 Å². The van der Waals surface area contributed by atoms with Crippen molar-refractivity contribution < 1.29 is 14.3 Å². The minimum Gasteiger partial charge on any atom is -0.453 e. The fourth-order valence-electron chi connectivity index (χ4n) is 2.14. The molecule has 1 aromatic heterocycles. The Morgan fingerprint density at radius 1 is 1.55 bits per heavy atom. The van der Waals surface area contributed by atoms with Crippen molar-refractivity contribution in [2.75, 3.05) is 25.9 Å². The number of hydrogen-bond donors (Lipinski definition) is 2. The molecule has 2 amide bonds. The number of methoxy groups -OCH3 is 1. The highest BCUT2D eigenvalue weighted by atomic mass is 16.5. The topological polar surface area (TPSA) is 97.5 Å². The number of likely N-dealkylation sites (tertiary alicyclic amines) is 1. The molecule has 1 aliphatic rings. The van der Waals surface area contributed by atoms with Crippen LogP contribution in [0.4, 0.5) is 10.5 Å². The zero-order valence-electron chi connectivity index (χ0n) is 11.3. The quantitative estimate of drug-likeness (QED) is 0.821. The molecule has 7 nitrogen and oxygen atoms in total. The van der Waals surface area contributed by atoms with Crippen molar-refractivity contribution >= 4 is 17.7 Å². The molecular formula is C13H18N4O3. The van der Waals surface area contributed by atoms with E-state index in [9.17, 15) is 9.59 Å². The van der Waals surface area contributed by atoms with Crippen LogP contribution in [-0.2, 0) is 16.0 Å². The summed E-state index contributed by atoms with van der Waals surface area (Å²) >= 11 is 0. The first-order valence-electron chi connectivity index (χ1n) is 6.41. The van der Waals surface area contributed by atoms with Gasteiger partial charge in [-0.15, -0.1) is 0 Å². The lowest BCUT2D eigenvalue weighted by molar-refractivity contribution is -0.129. The highest BCUT2D eigenvalue weighted by molar-refractivity contribution is 5.79. The molecule has 1 fully saturated rings. The number of ether oxygens (including phenoxy) is 1. The Hall–Kier alpha value is -2.31. The summed E-state index contributed by atoms with van der Waals surface area (Å²) in [5.74, 6) is -0.00330. The van der Waals surface area contributed by atoms with Gasteiger partial charge in [-0.25, -0.2) is 4.79 Å². The number of nitrogens with two attached hydrogens (primary N) is 1. The van der Waals surface area contributed by atoms with Crippen LogP contribution < -0.4 is 11.1 Å². The van der Waals surface area contributed by atoms with E-state index in [0.717, 1.165) is 6.42 Å². The van der Waals surface area contributed by atoms with Crippen LogP contribution in [0.1, 0.15) is 12.1 Å². The van der Waals surface area contributed by atoms with E-state index in [1.54, 1.807) is 17.0 Å². The Labute approximate surface area is 117 Å². The fourth-order valence-corrected chi connectivity index (χ4v) is 2.14. The second kappa shape index (κ2) is 6.23. The van der Waals surface area contributed by atoms with Crippen LogP contribution in [0, 0.1) is 0 Å². The third kappa shape index (κ3) is 3.59. The highest BCUT2D eigenvalue weighted by Crippen LogP contribution is 2.12. The lowest BCUT2D eigenvalue weighted by Gasteiger charge is -2.16. The van der Waals surface area contributed by atoms with Crippen molar-refractivity contribution in [2.24, 2.45) is 0 Å². The van der Waals surface area contributed by atoms with Crippen molar-refractivity contribution in [3.05, 3.63) is 24.0 Å². The van der Waals surface area contributed by atoms with Gasteiger partial charge in [0, 0.05) is 18.8 Å². The van der Waals surface area contributed by atoms with E-state index in [1.165, 1.54) is 13.3 Å². The predicted octanol–water partition coefficient (Wildman–Crippen LogP) is 0.163. The molecule has 2 rings (SSSR count). The van der Waals surface area contributed by atoms with Gasteiger partial charge in [-0.1, -0.05) is 0 Å². The largest absolute Gasteiger partial charge is 0.453 e. The summed E-state index contributed by atoms with van der Waals surface area (Å²) < 4.78 is 4.54. The van der Waals surface area contributed by atoms with E-state index < -0.39 is 6.09 Å². The monoisotopic (exact) mass is 278 g/mol. The number of amides is 2. The zero-order chi connectivity index (χ0) is 14.5. The first kappa shape index (κ1) is 14.1. The molecule has 0 saturated carbocycles. The molecule has 2 heterocycles. The average molecular weight is 278 g/mol. The molecule has 7 heteroatoms. The summed E-state index contributed by atoms with van der Waals surface area (Å²) in [4.78, 5) is 29.0. The predicted molar refractivity (Wildman–Crippen MR) is 72.9 cm³/mol. The lowest BCUT2D eigenvalue weighted by atomic mass is 10.2. The van der Waals surface area contributed by atoms with Gasteiger partial charge in [0.2, 0.25) is 5.91 Å². The highest BCUT2D eigenvalue weighted by Gasteiger charge is 2.27. The summed E-state index contributed by atoms with van der Waals surface area (Å²) in [5.41, 5.74) is 6.81. The molecule has 1 atom stereocenters. The molecule has 108 valence electrons. The number of rotatable bonds is 3. The Kier molecular flexibility index (Phi) is 4.39. The summed E-state index contributed by atoms with van der Waals surface area (Å²) in [7, 11) is 1.32. The van der Waals surface area contributed by atoms with Gasteiger partial charge in [-0.3, -0.25) is 9.78 Å². The van der Waals surface area contributed by atoms with E-state index in [2.05, 4.69) is 15.0 Å². The molecule has 20 heavy (non-hydrogen) atoms. The molecule has 0 spiro atoms. The molecule has 1 unspecified atom stereocenters. The number of alkyl carbamates (subject to hydrolysis) is 1. The zero-order valence-corrected chi connectivity index (χ0v) is 11.3. The molecule has 0 bridgehead atoms. The van der Waals surface area contributed by atoms with Gasteiger partial charge in [0.15, 0.2) is 0 Å². The maximum absolute atomic E-state index is 12.1. The maximum Gasteiger partial charge on any atom is 0.407 e. The minimum absolute atomic E-state index is 0.00330. The van der Waals surface area contributed by atoms with Crippen molar-refractivity contribution in [1.29, 1.82) is 0 Å². The number of nitrogen functional groups attached to an aromatic ring is 1. The molecular weight excluding hydrogens is 260 g/mol. The number of anilines is 1. The van der Waals surface area contributed by atoms with Crippen molar-refractivity contribution in [3.63, 3.8) is 0 Å². The van der Waals surface area contributed by atoms with E-state index >= 15 is 0 Å². The number of nitrogens with one attached hydrogen (secondary N) is 1. The molecule has 3 N–H and O–H groups in total. The number of carbonyl (C=O) groups excluding carboxylic acids is 2. The molecule has 0 radical (unpaired) electrons. The van der Waals surface area contributed by atoms with Crippen LogP contribution >= 0.6 is 0 Å². The summed E-state index contributed by atoms with van der Waals surface area (Å²) in [5, 5.41) is 2.70. The van der Waals surface area contributed by atoms with E-state index in [-0.39, 0.29) is 18.4 Å². The molecule has 0 aromatic carbocycles. The van der Waals surface area contributed by atoms with Crippen LogP contribution in [-0.4, -0.2) is 48.1 Å². The third-order valence-electron chi connectivity index (χ3n) is 3.23. The Balaban J connectivity index is 1.85. The average Bonchev–Trinajstić information content (AvgIpc) is 2.89. The summed E-state index contributed by atoms with van der Waals surface area (Å²) in [6.45, 7) is 1.13. The Morgan fingerprint density at radius 2 is 2.35 bits per heavy atom. The van der Waals surface area contributed by atoms with Gasteiger partial charge in [0.25, 0.3) is 0 Å². The first-order valence-corrected chi connectivity index (χ1v) is 6.41. The van der Waals surface area contributed by atoms with Crippen molar-refractivity contribution in [2.45, 2.75) is 18.9 Å². The van der Waals surface area contributed by atoms with Crippen molar-refractivity contribution in [1.82, 2.24) is 15.2 Å².